The normalized spacial score (nSPS) is 16.1. The van der Waals surface area contributed by atoms with Crippen molar-refractivity contribution in [2.24, 2.45) is 16.9 Å². The van der Waals surface area contributed by atoms with Gasteiger partial charge in [-0.3, -0.25) is 14.4 Å². The highest BCUT2D eigenvalue weighted by Crippen LogP contribution is 2.21. The van der Waals surface area contributed by atoms with Crippen LogP contribution in [-0.2, 0) is 31.0 Å². The van der Waals surface area contributed by atoms with Crippen molar-refractivity contribution in [1.29, 1.82) is 0 Å². The molecule has 1 heterocycles. The van der Waals surface area contributed by atoms with Crippen molar-refractivity contribution in [1.82, 2.24) is 19.4 Å². The van der Waals surface area contributed by atoms with Crippen LogP contribution in [0.2, 0.25) is 0 Å². The molecular formula is C31H38N6O6S. The van der Waals surface area contributed by atoms with Crippen molar-refractivity contribution >= 4 is 44.9 Å². The van der Waals surface area contributed by atoms with Crippen LogP contribution in [0, 0.1) is 5.92 Å². The van der Waals surface area contributed by atoms with Crippen LogP contribution in [0.25, 0.3) is 10.8 Å². The summed E-state index contributed by atoms with van der Waals surface area (Å²) in [5.74, 6) is 2.75. The minimum atomic E-state index is -4.26. The van der Waals surface area contributed by atoms with Crippen LogP contribution in [0.4, 0.5) is 0 Å². The number of fused-ring (bicyclic) bond motifs is 1. The Kier molecular flexibility index (Phi) is 10.9. The molecule has 2 amide bonds. The Morgan fingerprint density at radius 2 is 1.80 bits per heavy atom. The van der Waals surface area contributed by atoms with Crippen molar-refractivity contribution in [3.8, 4) is 0 Å². The number of piperidine rings is 1. The Labute approximate surface area is 257 Å². The molecule has 1 aliphatic heterocycles. The molecule has 1 fully saturated rings. The van der Waals surface area contributed by atoms with Crippen molar-refractivity contribution in [3.05, 3.63) is 78.4 Å². The molecule has 44 heavy (non-hydrogen) atoms. The Balaban J connectivity index is 1.59. The zero-order chi connectivity index (χ0) is 31.7. The monoisotopic (exact) mass is 622 g/mol. The number of nitrogens with one attached hydrogen (secondary N) is 1. The number of likely N-dealkylation sites (tertiary alicyclic amines) is 1. The van der Waals surface area contributed by atoms with E-state index >= 15 is 0 Å². The van der Waals surface area contributed by atoms with Crippen LogP contribution in [0.15, 0.2) is 82.8 Å². The molecule has 13 heteroatoms. The van der Waals surface area contributed by atoms with E-state index in [1.807, 2.05) is 47.4 Å². The lowest BCUT2D eigenvalue weighted by Crippen LogP contribution is -2.51. The van der Waals surface area contributed by atoms with E-state index in [1.165, 1.54) is 35.3 Å². The molecule has 0 aliphatic carbocycles. The van der Waals surface area contributed by atoms with Gasteiger partial charge in [-0.15, -0.1) is 0 Å². The molecule has 0 bridgehead atoms. The number of rotatable bonds is 13. The molecule has 234 valence electrons. The largest absolute Gasteiger partial charge is 0.480 e. The van der Waals surface area contributed by atoms with Gasteiger partial charge in [-0.2, -0.15) is 9.82 Å². The summed E-state index contributed by atoms with van der Waals surface area (Å²) in [7, 11) is -2.73. The lowest BCUT2D eigenvalue weighted by molar-refractivity contribution is -0.146. The molecule has 0 radical (unpaired) electrons. The van der Waals surface area contributed by atoms with Gasteiger partial charge < -0.3 is 25.6 Å². The van der Waals surface area contributed by atoms with Gasteiger partial charge in [-0.1, -0.05) is 60.7 Å². The minimum absolute atomic E-state index is 0.0570. The highest BCUT2D eigenvalue weighted by molar-refractivity contribution is 7.89. The topological polar surface area (TPSA) is 166 Å². The van der Waals surface area contributed by atoms with Crippen LogP contribution in [0.1, 0.15) is 24.8 Å². The van der Waals surface area contributed by atoms with E-state index in [4.69, 9.17) is 5.84 Å². The number of nitrogens with two attached hydrogens (primary N) is 1. The Hall–Kier alpha value is -4.49. The molecule has 12 nitrogen and oxygen atoms in total. The molecule has 4 rings (SSSR count). The summed E-state index contributed by atoms with van der Waals surface area (Å²) < 4.78 is 29.6. The fourth-order valence-electron chi connectivity index (χ4n) is 5.45. The molecule has 1 saturated heterocycles. The summed E-state index contributed by atoms with van der Waals surface area (Å²) >= 11 is 0. The number of hydrogen-bond acceptors (Lipinski definition) is 7. The van der Waals surface area contributed by atoms with Crippen LogP contribution in [0.3, 0.4) is 0 Å². The van der Waals surface area contributed by atoms with Gasteiger partial charge in [0.1, 0.15) is 18.9 Å². The Morgan fingerprint density at radius 1 is 1.09 bits per heavy atom. The number of carboxylic acid groups (broad SMARTS) is 1. The third-order valence-electron chi connectivity index (χ3n) is 7.58. The number of hydrazone groups is 1. The maximum Gasteiger partial charge on any atom is 0.323 e. The summed E-state index contributed by atoms with van der Waals surface area (Å²) in [6, 6.07) is 19.6. The molecule has 3 aromatic carbocycles. The number of nitrogens with zero attached hydrogens (tertiary/aromatic N) is 4. The third-order valence-corrected chi connectivity index (χ3v) is 9.05. The predicted octanol–water partition coefficient (Wildman–Crippen LogP) is 2.06. The molecule has 0 saturated carbocycles. The number of aliphatic carboxylic acids is 1. The summed E-state index contributed by atoms with van der Waals surface area (Å²) in [6.45, 7) is 0.990. The number of carbonyl (C=O) groups is 3. The fourth-order valence-corrected chi connectivity index (χ4v) is 6.67. The summed E-state index contributed by atoms with van der Waals surface area (Å²) in [5, 5.41) is 14.7. The standard InChI is InChI=1S/C31H38N6O6S/c1-35(18-23-8-3-2-4-9-23)31(41)28(34-44(42,43)27-14-13-25-11-5-6-12-26(25)16-27)17-29(38)37(21-30(39)40)20-24-10-7-15-36(19-24)22-33-32/h2-6,8-9,11-14,16,22,24,28,34H,7,10,15,17-21,32H2,1H3,(H,39,40)/t24-,28+/m1/s1. The minimum Gasteiger partial charge on any atom is -0.480 e. The molecule has 2 atom stereocenters. The number of benzene rings is 3. The first-order valence-corrected chi connectivity index (χ1v) is 15.8. The van der Waals surface area contributed by atoms with Gasteiger partial charge >= 0.3 is 5.97 Å². The predicted molar refractivity (Wildman–Crippen MR) is 167 cm³/mol. The molecule has 0 unspecified atom stereocenters. The number of likely N-dealkylation sites (N-methyl/N-ethyl adjacent to an activating group) is 1. The molecule has 3 aromatic rings. The van der Waals surface area contributed by atoms with Gasteiger partial charge in [0.2, 0.25) is 21.8 Å². The molecule has 0 aromatic heterocycles. The second-order valence-corrected chi connectivity index (χ2v) is 12.7. The van der Waals surface area contributed by atoms with Crippen LogP contribution < -0.4 is 10.6 Å². The van der Waals surface area contributed by atoms with Gasteiger partial charge in [-0.25, -0.2) is 8.42 Å². The van der Waals surface area contributed by atoms with E-state index in [9.17, 15) is 27.9 Å². The van der Waals surface area contributed by atoms with E-state index in [2.05, 4.69) is 9.82 Å². The second-order valence-electron chi connectivity index (χ2n) is 11.0. The van der Waals surface area contributed by atoms with Crippen molar-refractivity contribution in [2.45, 2.75) is 36.7 Å². The highest BCUT2D eigenvalue weighted by atomic mass is 32.2. The molecule has 4 N–H and O–H groups in total. The summed E-state index contributed by atoms with van der Waals surface area (Å²) in [5.41, 5.74) is 0.821. The third kappa shape index (κ3) is 8.77. The zero-order valence-electron chi connectivity index (χ0n) is 24.6. The zero-order valence-corrected chi connectivity index (χ0v) is 25.4. The number of carbonyl (C=O) groups excluding carboxylic acids is 2. The lowest BCUT2D eigenvalue weighted by Gasteiger charge is -2.34. The number of sulfonamides is 1. The first kappa shape index (κ1) is 32.4. The number of hydrogen-bond donors (Lipinski definition) is 3. The van der Waals surface area contributed by atoms with Gasteiger partial charge in [0.25, 0.3) is 0 Å². The first-order chi connectivity index (χ1) is 21.1. The SMILES string of the molecule is CN(Cc1ccccc1)C(=O)[C@H](CC(=O)N(CC(=O)O)C[C@@H]1CCCN(C=NN)C1)NS(=O)(=O)c1ccc2ccccc2c1. The summed E-state index contributed by atoms with van der Waals surface area (Å²) in [4.78, 5) is 43.5. The Morgan fingerprint density at radius 3 is 2.50 bits per heavy atom. The Bertz CT molecular complexity index is 1600. The van der Waals surface area contributed by atoms with E-state index in [-0.39, 0.29) is 23.9 Å². The fraction of sp³-hybridized carbons (Fsp3) is 0.355. The first-order valence-electron chi connectivity index (χ1n) is 14.3. The van der Waals surface area contributed by atoms with E-state index in [0.29, 0.717) is 11.9 Å². The second kappa shape index (κ2) is 14.8. The molecule has 1 aliphatic rings. The molecular weight excluding hydrogens is 584 g/mol. The number of carboxylic acids is 1. The van der Waals surface area contributed by atoms with Crippen molar-refractivity contribution < 1.29 is 27.9 Å². The highest BCUT2D eigenvalue weighted by Gasteiger charge is 2.33. The number of amides is 2. The van der Waals surface area contributed by atoms with Gasteiger partial charge in [0.05, 0.1) is 11.3 Å². The van der Waals surface area contributed by atoms with Gasteiger partial charge in [0, 0.05) is 33.2 Å². The van der Waals surface area contributed by atoms with E-state index < -0.39 is 46.8 Å². The maximum atomic E-state index is 13.7. The van der Waals surface area contributed by atoms with E-state index in [0.717, 1.165) is 30.3 Å². The van der Waals surface area contributed by atoms with Crippen LogP contribution >= 0.6 is 0 Å². The van der Waals surface area contributed by atoms with Crippen molar-refractivity contribution in [3.63, 3.8) is 0 Å². The lowest BCUT2D eigenvalue weighted by atomic mass is 9.97. The smallest absolute Gasteiger partial charge is 0.323 e. The summed E-state index contributed by atoms with van der Waals surface area (Å²) in [6.07, 6.45) is 2.52. The van der Waals surface area contributed by atoms with Crippen LogP contribution in [-0.4, -0.2) is 91.6 Å². The average molecular weight is 623 g/mol. The average Bonchev–Trinajstić information content (AvgIpc) is 3.00. The quantitative estimate of drug-likeness (QED) is 0.113. The van der Waals surface area contributed by atoms with Crippen LogP contribution in [0.5, 0.6) is 0 Å². The van der Waals surface area contributed by atoms with E-state index in [1.54, 1.807) is 18.2 Å². The molecule has 0 spiro atoms. The van der Waals surface area contributed by atoms with Gasteiger partial charge in [-0.05, 0) is 47.2 Å². The maximum absolute atomic E-state index is 13.7. The van der Waals surface area contributed by atoms with Gasteiger partial charge in [0.15, 0.2) is 0 Å². The van der Waals surface area contributed by atoms with Crippen molar-refractivity contribution in [2.75, 3.05) is 33.2 Å².